The molecule has 0 radical (unpaired) electrons. The standard InChI is InChI=1S/C22H30O2/c1-17(15-16-21(2,3)4)13-14-19(22(5,6)7)24-20(23)18-11-9-8-10-12-18/h8-12,15,19H,16H2,1-7H3/b17-15-. The monoisotopic (exact) mass is 326 g/mol. The van der Waals surface area contributed by atoms with Gasteiger partial charge in [0.2, 0.25) is 0 Å². The van der Waals surface area contributed by atoms with Crippen molar-refractivity contribution in [2.45, 2.75) is 61.0 Å². The Morgan fingerprint density at radius 3 is 2.21 bits per heavy atom. The first-order chi connectivity index (χ1) is 11.0. The number of esters is 1. The third kappa shape index (κ3) is 7.51. The molecule has 0 aliphatic carbocycles. The normalized spacial score (nSPS) is 13.7. The molecule has 24 heavy (non-hydrogen) atoms. The summed E-state index contributed by atoms with van der Waals surface area (Å²) in [5.41, 5.74) is 1.55. The summed E-state index contributed by atoms with van der Waals surface area (Å²) >= 11 is 0. The van der Waals surface area contributed by atoms with Crippen LogP contribution in [0.3, 0.4) is 0 Å². The SMILES string of the molecule is C/C(C#CC(OC(=O)c1ccccc1)C(C)(C)C)=C/CC(C)(C)C. The molecule has 130 valence electrons. The first-order valence-corrected chi connectivity index (χ1v) is 8.43. The number of hydrogen-bond acceptors (Lipinski definition) is 2. The van der Waals surface area contributed by atoms with Crippen LogP contribution in [0.5, 0.6) is 0 Å². The van der Waals surface area contributed by atoms with E-state index in [0.29, 0.717) is 5.56 Å². The Morgan fingerprint density at radius 1 is 1.12 bits per heavy atom. The molecule has 0 fully saturated rings. The number of benzene rings is 1. The van der Waals surface area contributed by atoms with Gasteiger partial charge < -0.3 is 4.74 Å². The predicted molar refractivity (Wildman–Crippen MR) is 101 cm³/mol. The smallest absolute Gasteiger partial charge is 0.339 e. The number of carbonyl (C=O) groups is 1. The molecular formula is C22H30O2. The van der Waals surface area contributed by atoms with Crippen LogP contribution in [0.4, 0.5) is 0 Å². The van der Waals surface area contributed by atoms with E-state index in [2.05, 4.69) is 38.7 Å². The number of rotatable bonds is 3. The summed E-state index contributed by atoms with van der Waals surface area (Å²) < 4.78 is 5.66. The molecule has 1 aromatic carbocycles. The van der Waals surface area contributed by atoms with Crippen LogP contribution in [0.1, 0.15) is 65.2 Å². The van der Waals surface area contributed by atoms with Crippen molar-refractivity contribution < 1.29 is 9.53 Å². The van der Waals surface area contributed by atoms with E-state index < -0.39 is 6.10 Å². The minimum atomic E-state index is -0.455. The van der Waals surface area contributed by atoms with Crippen molar-refractivity contribution in [3.63, 3.8) is 0 Å². The van der Waals surface area contributed by atoms with Gasteiger partial charge in [0.1, 0.15) is 0 Å². The van der Waals surface area contributed by atoms with Gasteiger partial charge in [-0.3, -0.25) is 0 Å². The van der Waals surface area contributed by atoms with Gasteiger partial charge in [0.25, 0.3) is 0 Å². The van der Waals surface area contributed by atoms with Crippen LogP contribution in [-0.4, -0.2) is 12.1 Å². The van der Waals surface area contributed by atoms with Crippen LogP contribution in [0, 0.1) is 22.7 Å². The molecule has 0 heterocycles. The van der Waals surface area contributed by atoms with Gasteiger partial charge >= 0.3 is 5.97 Å². The minimum Gasteiger partial charge on any atom is -0.445 e. The number of allylic oxidation sites excluding steroid dienone is 2. The Labute approximate surface area is 147 Å². The van der Waals surface area contributed by atoms with Gasteiger partial charge in [-0.2, -0.15) is 0 Å². The lowest BCUT2D eigenvalue weighted by atomic mass is 9.88. The number of hydrogen-bond donors (Lipinski definition) is 0. The first-order valence-electron chi connectivity index (χ1n) is 8.43. The van der Waals surface area contributed by atoms with Crippen molar-refractivity contribution in [3.8, 4) is 11.8 Å². The molecule has 0 aliphatic heterocycles. The van der Waals surface area contributed by atoms with E-state index in [1.165, 1.54) is 0 Å². The maximum absolute atomic E-state index is 12.3. The summed E-state index contributed by atoms with van der Waals surface area (Å²) in [7, 11) is 0. The molecule has 0 aromatic heterocycles. The lowest BCUT2D eigenvalue weighted by molar-refractivity contribution is 0.0179. The van der Waals surface area contributed by atoms with Crippen LogP contribution >= 0.6 is 0 Å². The fourth-order valence-corrected chi connectivity index (χ4v) is 1.86. The van der Waals surface area contributed by atoms with E-state index >= 15 is 0 Å². The summed E-state index contributed by atoms with van der Waals surface area (Å²) in [5, 5.41) is 0. The molecule has 0 saturated heterocycles. The van der Waals surface area contributed by atoms with Crippen LogP contribution < -0.4 is 0 Å². The zero-order valence-electron chi connectivity index (χ0n) is 16.1. The molecule has 1 atom stereocenters. The van der Waals surface area contributed by atoms with Crippen LogP contribution in [0.15, 0.2) is 42.0 Å². The average Bonchev–Trinajstić information content (AvgIpc) is 2.48. The maximum Gasteiger partial charge on any atom is 0.339 e. The van der Waals surface area contributed by atoms with Crippen LogP contribution in [0.2, 0.25) is 0 Å². The van der Waals surface area contributed by atoms with E-state index in [1.807, 2.05) is 45.9 Å². The molecule has 2 nitrogen and oxygen atoms in total. The van der Waals surface area contributed by atoms with Gasteiger partial charge in [-0.05, 0) is 36.5 Å². The molecule has 0 amide bonds. The van der Waals surface area contributed by atoms with Gasteiger partial charge in [0.05, 0.1) is 5.56 Å². The molecule has 0 aliphatic rings. The van der Waals surface area contributed by atoms with Crippen LogP contribution in [0.25, 0.3) is 0 Å². The van der Waals surface area contributed by atoms with E-state index in [0.717, 1.165) is 12.0 Å². The quantitative estimate of drug-likeness (QED) is 0.530. The Bertz CT molecular complexity index is 629. The summed E-state index contributed by atoms with van der Waals surface area (Å²) in [6, 6.07) is 9.04. The molecule has 0 spiro atoms. The van der Waals surface area contributed by atoms with Gasteiger partial charge in [-0.25, -0.2) is 4.79 Å². The number of carbonyl (C=O) groups excluding carboxylic acids is 1. The van der Waals surface area contributed by atoms with Gasteiger partial charge in [0, 0.05) is 5.41 Å². The summed E-state index contributed by atoms with van der Waals surface area (Å²) in [6.07, 6.45) is 2.66. The second kappa shape index (κ2) is 8.20. The Balaban J connectivity index is 2.89. The minimum absolute atomic E-state index is 0.242. The predicted octanol–water partition coefficient (Wildman–Crippen LogP) is 5.64. The molecule has 0 N–H and O–H groups in total. The highest BCUT2D eigenvalue weighted by atomic mass is 16.5. The second-order valence-corrected chi connectivity index (χ2v) is 8.44. The Morgan fingerprint density at radius 2 is 1.71 bits per heavy atom. The molecule has 1 aromatic rings. The summed E-state index contributed by atoms with van der Waals surface area (Å²) in [5.74, 6) is 5.96. The lowest BCUT2D eigenvalue weighted by Gasteiger charge is -2.26. The highest BCUT2D eigenvalue weighted by Gasteiger charge is 2.27. The second-order valence-electron chi connectivity index (χ2n) is 8.44. The molecule has 1 unspecified atom stereocenters. The number of ether oxygens (including phenoxy) is 1. The van der Waals surface area contributed by atoms with Crippen molar-refractivity contribution >= 4 is 5.97 Å². The highest BCUT2D eigenvalue weighted by molar-refractivity contribution is 5.89. The lowest BCUT2D eigenvalue weighted by Crippen LogP contribution is -2.30. The van der Waals surface area contributed by atoms with Crippen molar-refractivity contribution in [3.05, 3.63) is 47.5 Å². The van der Waals surface area contributed by atoms with Gasteiger partial charge in [-0.15, -0.1) is 0 Å². The zero-order valence-corrected chi connectivity index (χ0v) is 16.1. The van der Waals surface area contributed by atoms with E-state index in [9.17, 15) is 4.79 Å². The Hall–Kier alpha value is -2.01. The van der Waals surface area contributed by atoms with E-state index in [4.69, 9.17) is 4.74 Å². The topological polar surface area (TPSA) is 26.3 Å². The van der Waals surface area contributed by atoms with Gasteiger partial charge in [-0.1, -0.05) is 77.7 Å². The maximum atomic E-state index is 12.3. The largest absolute Gasteiger partial charge is 0.445 e. The van der Waals surface area contributed by atoms with Crippen molar-refractivity contribution in [1.29, 1.82) is 0 Å². The van der Waals surface area contributed by atoms with Crippen LogP contribution in [-0.2, 0) is 4.74 Å². The van der Waals surface area contributed by atoms with E-state index in [-0.39, 0.29) is 16.8 Å². The molecule has 1 rings (SSSR count). The zero-order chi connectivity index (χ0) is 18.4. The molecular weight excluding hydrogens is 296 g/mol. The van der Waals surface area contributed by atoms with Crippen molar-refractivity contribution in [1.82, 2.24) is 0 Å². The van der Waals surface area contributed by atoms with Gasteiger partial charge in [0.15, 0.2) is 6.10 Å². The van der Waals surface area contributed by atoms with Crippen molar-refractivity contribution in [2.75, 3.05) is 0 Å². The molecule has 0 saturated carbocycles. The molecule has 0 bridgehead atoms. The third-order valence-corrected chi connectivity index (χ3v) is 3.44. The molecule has 2 heteroatoms. The van der Waals surface area contributed by atoms with Crippen molar-refractivity contribution in [2.24, 2.45) is 10.8 Å². The van der Waals surface area contributed by atoms with E-state index in [1.54, 1.807) is 12.1 Å². The average molecular weight is 326 g/mol. The summed E-state index contributed by atoms with van der Waals surface area (Å²) in [4.78, 5) is 12.3. The fourth-order valence-electron chi connectivity index (χ4n) is 1.86. The fraction of sp³-hybridized carbons (Fsp3) is 0.500. The first kappa shape index (κ1) is 20.0. The summed E-state index contributed by atoms with van der Waals surface area (Å²) in [6.45, 7) is 14.7. The third-order valence-electron chi connectivity index (χ3n) is 3.44. The highest BCUT2D eigenvalue weighted by Crippen LogP contribution is 2.23. The Kier molecular flexibility index (Phi) is 6.84.